The molecule has 0 radical (unpaired) electrons. The van der Waals surface area contributed by atoms with Crippen molar-refractivity contribution in [3.8, 4) is 0 Å². The number of carboxylic acid groups (broad SMARTS) is 1. The van der Waals surface area contributed by atoms with E-state index in [1.807, 2.05) is 12.1 Å². The van der Waals surface area contributed by atoms with Crippen LogP contribution < -0.4 is 0 Å². The number of carbonyl (C=O) groups is 1. The largest absolute Gasteiger partial charge is 0.465 e. The summed E-state index contributed by atoms with van der Waals surface area (Å²) in [4.78, 5) is 13.0. The van der Waals surface area contributed by atoms with Crippen LogP contribution >= 0.6 is 0 Å². The number of fused-ring (bicyclic) bond motifs is 5. The standard InChI is InChI=1S/C13H15NO2/c1-8-6-7-11-9-4-2-3-5-10(9)12(8)14(11)13(15)16/h2-5,8,11-12H,6-7H2,1H3,(H,15,16). The summed E-state index contributed by atoms with van der Waals surface area (Å²) in [5.74, 6) is 0.427. The fourth-order valence-electron chi connectivity index (χ4n) is 3.28. The van der Waals surface area contributed by atoms with E-state index in [1.165, 1.54) is 11.1 Å². The summed E-state index contributed by atoms with van der Waals surface area (Å²) < 4.78 is 0. The van der Waals surface area contributed by atoms with E-state index in [0.29, 0.717) is 5.92 Å². The van der Waals surface area contributed by atoms with Gasteiger partial charge < -0.3 is 5.11 Å². The summed E-state index contributed by atoms with van der Waals surface area (Å²) in [5, 5.41) is 9.33. The summed E-state index contributed by atoms with van der Waals surface area (Å²) in [6.07, 6.45) is 1.30. The van der Waals surface area contributed by atoms with Crippen molar-refractivity contribution < 1.29 is 9.90 Å². The average Bonchev–Trinajstić information content (AvgIpc) is 2.54. The van der Waals surface area contributed by atoms with E-state index in [1.54, 1.807) is 4.90 Å². The number of hydrogen-bond acceptors (Lipinski definition) is 1. The lowest BCUT2D eigenvalue weighted by molar-refractivity contribution is 0.0623. The van der Waals surface area contributed by atoms with Crippen molar-refractivity contribution in [1.29, 1.82) is 0 Å². The molecule has 2 heterocycles. The molecule has 1 saturated heterocycles. The smallest absolute Gasteiger partial charge is 0.408 e. The molecule has 3 atom stereocenters. The van der Waals surface area contributed by atoms with E-state index < -0.39 is 6.09 Å². The van der Waals surface area contributed by atoms with Gasteiger partial charge in [-0.2, -0.15) is 0 Å². The van der Waals surface area contributed by atoms with Crippen LogP contribution in [0.5, 0.6) is 0 Å². The average molecular weight is 217 g/mol. The third-order valence-corrected chi connectivity index (χ3v) is 3.96. The van der Waals surface area contributed by atoms with Crippen molar-refractivity contribution in [1.82, 2.24) is 4.90 Å². The molecule has 3 rings (SSSR count). The van der Waals surface area contributed by atoms with Gasteiger partial charge in [0, 0.05) is 0 Å². The van der Waals surface area contributed by atoms with Gasteiger partial charge in [0.1, 0.15) is 0 Å². The quantitative estimate of drug-likeness (QED) is 0.725. The second-order valence-electron chi connectivity index (χ2n) is 4.83. The second-order valence-corrected chi connectivity index (χ2v) is 4.83. The first kappa shape index (κ1) is 9.70. The number of rotatable bonds is 0. The molecule has 1 aromatic carbocycles. The first-order valence-electron chi connectivity index (χ1n) is 5.80. The van der Waals surface area contributed by atoms with E-state index in [9.17, 15) is 9.90 Å². The predicted octanol–water partition coefficient (Wildman–Crippen LogP) is 3.19. The molecule has 1 fully saturated rings. The lowest BCUT2D eigenvalue weighted by atomic mass is 9.90. The molecule has 2 bridgehead atoms. The van der Waals surface area contributed by atoms with Gasteiger partial charge in [0.25, 0.3) is 0 Å². The number of piperidine rings is 1. The van der Waals surface area contributed by atoms with Gasteiger partial charge in [-0.15, -0.1) is 0 Å². The highest BCUT2D eigenvalue weighted by Crippen LogP contribution is 2.52. The zero-order valence-electron chi connectivity index (χ0n) is 9.26. The molecule has 84 valence electrons. The molecule has 0 spiro atoms. The van der Waals surface area contributed by atoms with Crippen LogP contribution in [0.4, 0.5) is 4.79 Å². The predicted molar refractivity (Wildman–Crippen MR) is 60.2 cm³/mol. The van der Waals surface area contributed by atoms with E-state index in [2.05, 4.69) is 19.1 Å². The molecule has 0 aliphatic carbocycles. The van der Waals surface area contributed by atoms with Gasteiger partial charge in [0.2, 0.25) is 0 Å². The van der Waals surface area contributed by atoms with Crippen molar-refractivity contribution in [3.05, 3.63) is 35.4 Å². The Bertz CT molecular complexity index is 443. The normalized spacial score (nSPS) is 31.3. The van der Waals surface area contributed by atoms with Gasteiger partial charge in [0.05, 0.1) is 12.1 Å². The number of hydrogen-bond donors (Lipinski definition) is 1. The van der Waals surface area contributed by atoms with Gasteiger partial charge >= 0.3 is 6.09 Å². The van der Waals surface area contributed by atoms with Crippen molar-refractivity contribution >= 4 is 6.09 Å². The molecule has 3 unspecified atom stereocenters. The summed E-state index contributed by atoms with van der Waals surface area (Å²) in [7, 11) is 0. The van der Waals surface area contributed by atoms with Crippen molar-refractivity contribution in [2.45, 2.75) is 31.8 Å². The second kappa shape index (κ2) is 3.24. The zero-order valence-corrected chi connectivity index (χ0v) is 9.26. The minimum atomic E-state index is -0.780. The number of amides is 1. The van der Waals surface area contributed by atoms with E-state index in [-0.39, 0.29) is 12.1 Å². The highest BCUT2D eigenvalue weighted by atomic mass is 16.4. The maximum absolute atomic E-state index is 11.4. The third kappa shape index (κ3) is 1.11. The maximum Gasteiger partial charge on any atom is 0.408 e. The number of benzene rings is 1. The molecule has 2 aliphatic rings. The van der Waals surface area contributed by atoms with Crippen LogP contribution in [0.3, 0.4) is 0 Å². The Labute approximate surface area is 94.7 Å². The summed E-state index contributed by atoms with van der Waals surface area (Å²) in [6.45, 7) is 2.15. The van der Waals surface area contributed by atoms with Gasteiger partial charge in [-0.05, 0) is 29.9 Å². The Morgan fingerprint density at radius 2 is 2.00 bits per heavy atom. The highest BCUT2D eigenvalue weighted by Gasteiger charge is 2.46. The topological polar surface area (TPSA) is 40.5 Å². The molecule has 0 saturated carbocycles. The molecule has 1 aromatic rings. The Morgan fingerprint density at radius 1 is 1.31 bits per heavy atom. The van der Waals surface area contributed by atoms with Crippen LogP contribution in [0.1, 0.15) is 43.0 Å². The monoisotopic (exact) mass is 217 g/mol. The Kier molecular flexibility index (Phi) is 1.96. The minimum Gasteiger partial charge on any atom is -0.465 e. The SMILES string of the molecule is CC1CCC2c3ccccc3C1N2C(=O)O. The van der Waals surface area contributed by atoms with Gasteiger partial charge in [-0.25, -0.2) is 4.79 Å². The van der Waals surface area contributed by atoms with Crippen molar-refractivity contribution in [2.24, 2.45) is 5.92 Å². The fraction of sp³-hybridized carbons (Fsp3) is 0.462. The lowest BCUT2D eigenvalue weighted by Crippen LogP contribution is -2.38. The molecule has 0 aromatic heterocycles. The van der Waals surface area contributed by atoms with Crippen LogP contribution in [-0.2, 0) is 0 Å². The third-order valence-electron chi connectivity index (χ3n) is 3.96. The van der Waals surface area contributed by atoms with Crippen LogP contribution in [0.15, 0.2) is 24.3 Å². The molecule has 1 N–H and O–H groups in total. The van der Waals surface area contributed by atoms with Crippen LogP contribution in [0.25, 0.3) is 0 Å². The van der Waals surface area contributed by atoms with Crippen LogP contribution in [-0.4, -0.2) is 16.1 Å². The molecule has 1 amide bonds. The molecule has 16 heavy (non-hydrogen) atoms. The molecular formula is C13H15NO2. The van der Waals surface area contributed by atoms with E-state index in [4.69, 9.17) is 0 Å². The van der Waals surface area contributed by atoms with Gasteiger partial charge in [-0.1, -0.05) is 31.2 Å². The first-order chi connectivity index (χ1) is 7.70. The molecule has 3 nitrogen and oxygen atoms in total. The van der Waals surface area contributed by atoms with E-state index in [0.717, 1.165) is 12.8 Å². The Balaban J connectivity index is 2.15. The molecular weight excluding hydrogens is 202 g/mol. The van der Waals surface area contributed by atoms with Crippen LogP contribution in [0.2, 0.25) is 0 Å². The summed E-state index contributed by atoms with van der Waals surface area (Å²) >= 11 is 0. The molecule has 2 aliphatic heterocycles. The lowest BCUT2D eigenvalue weighted by Gasteiger charge is -2.37. The zero-order chi connectivity index (χ0) is 11.3. The Morgan fingerprint density at radius 3 is 2.69 bits per heavy atom. The maximum atomic E-state index is 11.4. The van der Waals surface area contributed by atoms with Gasteiger partial charge in [-0.3, -0.25) is 4.90 Å². The summed E-state index contributed by atoms with van der Waals surface area (Å²) in [6, 6.07) is 8.34. The minimum absolute atomic E-state index is 0.0763. The summed E-state index contributed by atoms with van der Waals surface area (Å²) in [5.41, 5.74) is 2.44. The molecule has 3 heteroatoms. The highest BCUT2D eigenvalue weighted by molar-refractivity contribution is 5.69. The van der Waals surface area contributed by atoms with Crippen molar-refractivity contribution in [2.75, 3.05) is 0 Å². The van der Waals surface area contributed by atoms with Gasteiger partial charge in [0.15, 0.2) is 0 Å². The van der Waals surface area contributed by atoms with Crippen molar-refractivity contribution in [3.63, 3.8) is 0 Å². The Hall–Kier alpha value is -1.51. The first-order valence-corrected chi connectivity index (χ1v) is 5.80. The fourth-order valence-corrected chi connectivity index (χ4v) is 3.28. The van der Waals surface area contributed by atoms with E-state index >= 15 is 0 Å². The van der Waals surface area contributed by atoms with Crippen LogP contribution in [0, 0.1) is 5.92 Å². The number of nitrogens with zero attached hydrogens (tertiary/aromatic N) is 1.